The molecule has 0 saturated heterocycles. The Kier molecular flexibility index (Phi) is 9.17. The highest BCUT2D eigenvalue weighted by molar-refractivity contribution is 5.94. The fourth-order valence-electron chi connectivity index (χ4n) is 6.53. The van der Waals surface area contributed by atoms with E-state index in [1.165, 1.54) is 0 Å². The van der Waals surface area contributed by atoms with Crippen LogP contribution in [0, 0.1) is 13.8 Å². The first-order valence-corrected chi connectivity index (χ1v) is 16.6. The van der Waals surface area contributed by atoms with Gasteiger partial charge in [0, 0.05) is 18.4 Å². The minimum Gasteiger partial charge on any atom is -0.489 e. The van der Waals surface area contributed by atoms with Crippen molar-refractivity contribution in [1.82, 2.24) is 0 Å². The van der Waals surface area contributed by atoms with Crippen LogP contribution in [0.25, 0.3) is 11.1 Å². The monoisotopic (exact) mass is 659 g/mol. The lowest BCUT2D eigenvalue weighted by atomic mass is 9.84. The average molecular weight is 660 g/mol. The summed E-state index contributed by atoms with van der Waals surface area (Å²) >= 11 is 0. The lowest BCUT2D eigenvalue weighted by Gasteiger charge is -2.34. The molecule has 6 aromatic rings. The largest absolute Gasteiger partial charge is 0.489 e. The van der Waals surface area contributed by atoms with Gasteiger partial charge in [0.2, 0.25) is 0 Å². The van der Waals surface area contributed by atoms with Gasteiger partial charge in [-0.1, -0.05) is 103 Å². The summed E-state index contributed by atoms with van der Waals surface area (Å²) < 4.78 is 17.7. The van der Waals surface area contributed by atoms with E-state index in [1.54, 1.807) is 12.1 Å². The molecular formula is C44H37NO5. The molecule has 0 aromatic heterocycles. The van der Waals surface area contributed by atoms with Crippen molar-refractivity contribution in [3.8, 4) is 22.6 Å². The van der Waals surface area contributed by atoms with Crippen LogP contribution in [0.4, 0.5) is 11.4 Å². The molecule has 0 bridgehead atoms. The maximum absolute atomic E-state index is 14.2. The van der Waals surface area contributed by atoms with Crippen LogP contribution in [-0.2, 0) is 22.7 Å². The number of anilines is 2. The summed E-state index contributed by atoms with van der Waals surface area (Å²) in [5.74, 6) is -0.216. The van der Waals surface area contributed by atoms with Crippen molar-refractivity contribution < 1.29 is 23.8 Å². The Balaban J connectivity index is 1.12. The predicted octanol–water partition coefficient (Wildman–Crippen LogP) is 9.73. The van der Waals surface area contributed by atoms with Gasteiger partial charge in [0.25, 0.3) is 0 Å². The summed E-state index contributed by atoms with van der Waals surface area (Å²) in [6.07, 6.45) is 0. The summed E-state index contributed by atoms with van der Waals surface area (Å²) in [5.41, 5.74) is 9.46. The number of benzene rings is 6. The zero-order valence-electron chi connectivity index (χ0n) is 28.3. The van der Waals surface area contributed by atoms with Crippen LogP contribution in [0.3, 0.4) is 0 Å². The van der Waals surface area contributed by atoms with Crippen LogP contribution in [0.15, 0.2) is 140 Å². The van der Waals surface area contributed by atoms with Crippen molar-refractivity contribution >= 4 is 23.3 Å². The predicted molar refractivity (Wildman–Crippen MR) is 196 cm³/mol. The Morgan fingerprint density at radius 1 is 0.620 bits per heavy atom. The van der Waals surface area contributed by atoms with E-state index in [1.807, 2.05) is 130 Å². The Morgan fingerprint density at radius 2 is 1.20 bits per heavy atom. The summed E-state index contributed by atoms with van der Waals surface area (Å²) in [4.78, 5) is 29.2. The molecule has 0 aliphatic carbocycles. The SMILES string of the molecule is Cc1cc(C(=O)OCc2ccccc2)cc(C)c1OC(=O)C1c2ccccc2N(C)c2cc(-c3ccc(OCc4ccccc4)cc3)ccc21. The summed E-state index contributed by atoms with van der Waals surface area (Å²) in [6, 6.07) is 45.3. The molecule has 0 radical (unpaired) electrons. The Hall–Kier alpha value is -6.14. The second-order valence-corrected chi connectivity index (χ2v) is 12.5. The molecular weight excluding hydrogens is 622 g/mol. The first kappa shape index (κ1) is 32.4. The quantitative estimate of drug-likeness (QED) is 0.114. The number of fused-ring (bicyclic) bond motifs is 2. The lowest BCUT2D eigenvalue weighted by molar-refractivity contribution is -0.135. The summed E-state index contributed by atoms with van der Waals surface area (Å²) in [7, 11) is 2.02. The molecule has 6 nitrogen and oxygen atoms in total. The summed E-state index contributed by atoms with van der Waals surface area (Å²) in [6.45, 7) is 4.36. The van der Waals surface area contributed by atoms with Crippen molar-refractivity contribution in [3.63, 3.8) is 0 Å². The van der Waals surface area contributed by atoms with Gasteiger partial charge in [-0.2, -0.15) is 0 Å². The standard InChI is InChI=1S/C44H37NO5/c1-29-24-35(43(46)49-28-32-14-8-5-9-15-32)25-30(2)42(29)50-44(47)41-37-16-10-11-17-39(37)45(3)40-26-34(20-23-38(40)41)33-18-21-36(22-19-33)48-27-31-12-6-4-7-13-31/h4-26,41H,27-28H2,1-3H3. The average Bonchev–Trinajstić information content (AvgIpc) is 3.15. The normalized spacial score (nSPS) is 13.2. The van der Waals surface area contributed by atoms with Crippen LogP contribution in [0.5, 0.6) is 11.5 Å². The third-order valence-electron chi connectivity index (χ3n) is 9.10. The van der Waals surface area contributed by atoms with Crippen LogP contribution in [0.1, 0.15) is 49.7 Å². The molecule has 6 aromatic carbocycles. The van der Waals surface area contributed by atoms with Gasteiger partial charge in [-0.05, 0) is 94.8 Å². The number of hydrogen-bond donors (Lipinski definition) is 0. The Morgan fingerprint density at radius 3 is 1.88 bits per heavy atom. The van der Waals surface area contributed by atoms with E-state index >= 15 is 0 Å². The molecule has 1 atom stereocenters. The van der Waals surface area contributed by atoms with E-state index in [4.69, 9.17) is 14.2 Å². The fourth-order valence-corrected chi connectivity index (χ4v) is 6.53. The van der Waals surface area contributed by atoms with E-state index in [0.717, 1.165) is 50.5 Å². The van der Waals surface area contributed by atoms with Gasteiger partial charge in [0.1, 0.15) is 30.6 Å². The van der Waals surface area contributed by atoms with Gasteiger partial charge in [-0.15, -0.1) is 0 Å². The van der Waals surface area contributed by atoms with Crippen LogP contribution in [0.2, 0.25) is 0 Å². The number of rotatable bonds is 9. The van der Waals surface area contributed by atoms with Crippen LogP contribution < -0.4 is 14.4 Å². The highest BCUT2D eigenvalue weighted by Crippen LogP contribution is 2.47. The van der Waals surface area contributed by atoms with E-state index < -0.39 is 11.9 Å². The molecule has 0 amide bonds. The molecule has 248 valence electrons. The molecule has 50 heavy (non-hydrogen) atoms. The van der Waals surface area contributed by atoms with E-state index in [9.17, 15) is 9.59 Å². The third kappa shape index (κ3) is 6.74. The molecule has 0 N–H and O–H groups in total. The molecule has 6 heteroatoms. The first-order chi connectivity index (χ1) is 24.4. The molecule has 0 spiro atoms. The highest BCUT2D eigenvalue weighted by Gasteiger charge is 2.35. The molecule has 1 aliphatic rings. The van der Waals surface area contributed by atoms with Gasteiger partial charge < -0.3 is 19.1 Å². The van der Waals surface area contributed by atoms with Gasteiger partial charge >= 0.3 is 11.9 Å². The Bertz CT molecular complexity index is 2140. The second kappa shape index (κ2) is 14.1. The second-order valence-electron chi connectivity index (χ2n) is 12.5. The number of carbonyl (C=O) groups is 2. The lowest BCUT2D eigenvalue weighted by Crippen LogP contribution is -2.28. The van der Waals surface area contributed by atoms with Crippen molar-refractivity contribution in [2.45, 2.75) is 33.0 Å². The van der Waals surface area contributed by atoms with Crippen LogP contribution >= 0.6 is 0 Å². The maximum atomic E-state index is 14.2. The van der Waals surface area contributed by atoms with Gasteiger partial charge in [0.05, 0.1) is 5.56 Å². The van der Waals surface area contributed by atoms with E-state index in [0.29, 0.717) is 29.0 Å². The minimum absolute atomic E-state index is 0.180. The third-order valence-corrected chi connectivity index (χ3v) is 9.10. The zero-order chi connectivity index (χ0) is 34.6. The van der Waals surface area contributed by atoms with Crippen LogP contribution in [-0.4, -0.2) is 19.0 Å². The highest BCUT2D eigenvalue weighted by atomic mass is 16.5. The van der Waals surface area contributed by atoms with Gasteiger partial charge in [0.15, 0.2) is 0 Å². The smallest absolute Gasteiger partial charge is 0.338 e. The number of ether oxygens (including phenoxy) is 3. The number of nitrogens with zero attached hydrogens (tertiary/aromatic N) is 1. The number of esters is 2. The topological polar surface area (TPSA) is 65.1 Å². The number of carbonyl (C=O) groups excluding carboxylic acids is 2. The van der Waals surface area contributed by atoms with E-state index in [2.05, 4.69) is 23.1 Å². The van der Waals surface area contributed by atoms with Crippen molar-refractivity contribution in [1.29, 1.82) is 0 Å². The fraction of sp³-hybridized carbons (Fsp3) is 0.136. The number of aryl methyl sites for hydroxylation is 2. The molecule has 1 unspecified atom stereocenters. The molecule has 0 fully saturated rings. The van der Waals surface area contributed by atoms with Crippen molar-refractivity contribution in [3.05, 3.63) is 178 Å². The number of para-hydroxylation sites is 1. The van der Waals surface area contributed by atoms with Gasteiger partial charge in [-0.3, -0.25) is 4.79 Å². The molecule has 1 heterocycles. The maximum Gasteiger partial charge on any atom is 0.338 e. The van der Waals surface area contributed by atoms with Crippen molar-refractivity contribution in [2.75, 3.05) is 11.9 Å². The molecule has 1 aliphatic heterocycles. The summed E-state index contributed by atoms with van der Waals surface area (Å²) in [5, 5.41) is 0. The van der Waals surface area contributed by atoms with Crippen molar-refractivity contribution in [2.24, 2.45) is 0 Å². The molecule has 7 rings (SSSR count). The zero-order valence-corrected chi connectivity index (χ0v) is 28.3. The molecule has 0 saturated carbocycles. The first-order valence-electron chi connectivity index (χ1n) is 16.6. The Labute approximate surface area is 292 Å². The number of hydrogen-bond acceptors (Lipinski definition) is 6. The minimum atomic E-state index is -0.644. The van der Waals surface area contributed by atoms with Gasteiger partial charge in [-0.25, -0.2) is 4.79 Å². The van der Waals surface area contributed by atoms with E-state index in [-0.39, 0.29) is 12.6 Å².